The van der Waals surface area contributed by atoms with E-state index in [1.54, 1.807) is 0 Å². The van der Waals surface area contributed by atoms with E-state index in [0.717, 1.165) is 29.6 Å². The fraction of sp³-hybridized carbons (Fsp3) is 0.400. The van der Waals surface area contributed by atoms with Gasteiger partial charge in [0, 0.05) is 30.2 Å². The lowest BCUT2D eigenvalue weighted by molar-refractivity contribution is 0.519. The van der Waals surface area contributed by atoms with Crippen LogP contribution in [0.1, 0.15) is 30.6 Å². The average molecular weight is 322 g/mol. The first-order valence-corrected chi connectivity index (χ1v) is 7.46. The molecule has 0 saturated heterocycles. The highest BCUT2D eigenvalue weighted by atomic mass is 79.9. The molecule has 0 saturated carbocycles. The molecular weight excluding hydrogens is 302 g/mol. The smallest absolute Gasteiger partial charge is 0.0643 e. The van der Waals surface area contributed by atoms with Gasteiger partial charge in [0.1, 0.15) is 0 Å². The zero-order valence-electron chi connectivity index (χ0n) is 11.4. The van der Waals surface area contributed by atoms with Crippen molar-refractivity contribution in [2.24, 2.45) is 7.05 Å². The summed E-state index contributed by atoms with van der Waals surface area (Å²) in [6.07, 6.45) is 4.03. The number of nitrogens with zero attached hydrogens (tertiary/aromatic N) is 2. The topological polar surface area (TPSA) is 29.9 Å². The van der Waals surface area contributed by atoms with Crippen molar-refractivity contribution in [1.29, 1.82) is 0 Å². The third-order valence-electron chi connectivity index (χ3n) is 3.10. The van der Waals surface area contributed by atoms with E-state index in [9.17, 15) is 0 Å². The molecular formula is C15H20BrN3. The standard InChI is InChI=1S/C15H20BrN3/c1-3-9-17-15(11-12-8-10-19(2)18-12)13-6-4-5-7-14(13)16/h4-8,10,15,17H,3,9,11H2,1-2H3. The van der Waals surface area contributed by atoms with Crippen LogP contribution >= 0.6 is 15.9 Å². The van der Waals surface area contributed by atoms with Crippen molar-refractivity contribution in [3.63, 3.8) is 0 Å². The number of benzene rings is 1. The second-order valence-corrected chi connectivity index (χ2v) is 5.57. The van der Waals surface area contributed by atoms with Gasteiger partial charge in [0.15, 0.2) is 0 Å². The summed E-state index contributed by atoms with van der Waals surface area (Å²) in [7, 11) is 1.95. The SMILES string of the molecule is CCCNC(Cc1ccn(C)n1)c1ccccc1Br. The summed E-state index contributed by atoms with van der Waals surface area (Å²) in [6.45, 7) is 3.20. The number of nitrogens with one attached hydrogen (secondary N) is 1. The van der Waals surface area contributed by atoms with Gasteiger partial charge in [-0.15, -0.1) is 0 Å². The number of hydrogen-bond acceptors (Lipinski definition) is 2. The molecule has 2 rings (SSSR count). The summed E-state index contributed by atoms with van der Waals surface area (Å²) in [6, 6.07) is 10.8. The first kappa shape index (κ1) is 14.3. The molecule has 1 N–H and O–H groups in total. The molecule has 2 aromatic rings. The molecule has 102 valence electrons. The van der Waals surface area contributed by atoms with E-state index in [1.165, 1.54) is 5.56 Å². The van der Waals surface area contributed by atoms with Crippen molar-refractivity contribution in [3.8, 4) is 0 Å². The van der Waals surface area contributed by atoms with Crippen LogP contribution in [0.25, 0.3) is 0 Å². The van der Waals surface area contributed by atoms with Crippen LogP contribution in [0.2, 0.25) is 0 Å². The Morgan fingerprint density at radius 2 is 2.11 bits per heavy atom. The second-order valence-electron chi connectivity index (χ2n) is 4.71. The lowest BCUT2D eigenvalue weighted by Crippen LogP contribution is -2.24. The summed E-state index contributed by atoms with van der Waals surface area (Å²) in [5.41, 5.74) is 2.41. The van der Waals surface area contributed by atoms with Crippen molar-refractivity contribution in [2.75, 3.05) is 6.54 Å². The predicted octanol–water partition coefficient (Wildman–Crippen LogP) is 3.47. The highest BCUT2D eigenvalue weighted by Gasteiger charge is 2.15. The third-order valence-corrected chi connectivity index (χ3v) is 3.83. The van der Waals surface area contributed by atoms with Crippen LogP contribution in [0.5, 0.6) is 0 Å². The summed E-state index contributed by atoms with van der Waals surface area (Å²) in [5, 5.41) is 8.08. The molecule has 1 aromatic heterocycles. The minimum absolute atomic E-state index is 0.297. The van der Waals surface area contributed by atoms with E-state index in [4.69, 9.17) is 0 Å². The maximum absolute atomic E-state index is 4.48. The van der Waals surface area contributed by atoms with E-state index < -0.39 is 0 Å². The van der Waals surface area contributed by atoms with Crippen molar-refractivity contribution in [1.82, 2.24) is 15.1 Å². The van der Waals surface area contributed by atoms with Crippen molar-refractivity contribution >= 4 is 15.9 Å². The molecule has 0 bridgehead atoms. The first-order chi connectivity index (χ1) is 9.20. The minimum Gasteiger partial charge on any atom is -0.310 e. The van der Waals surface area contributed by atoms with E-state index in [1.807, 2.05) is 24.0 Å². The third kappa shape index (κ3) is 3.91. The zero-order valence-corrected chi connectivity index (χ0v) is 13.0. The molecule has 0 aliphatic heterocycles. The zero-order chi connectivity index (χ0) is 13.7. The van der Waals surface area contributed by atoms with Gasteiger partial charge in [-0.2, -0.15) is 5.10 Å². The van der Waals surface area contributed by atoms with Gasteiger partial charge < -0.3 is 5.32 Å². The molecule has 0 spiro atoms. The van der Waals surface area contributed by atoms with E-state index in [-0.39, 0.29) is 0 Å². The van der Waals surface area contributed by atoms with Crippen LogP contribution in [0, 0.1) is 0 Å². The maximum Gasteiger partial charge on any atom is 0.0643 e. The fourth-order valence-corrected chi connectivity index (χ4v) is 2.71. The number of rotatable bonds is 6. The largest absolute Gasteiger partial charge is 0.310 e. The van der Waals surface area contributed by atoms with Gasteiger partial charge in [0.05, 0.1) is 5.69 Å². The van der Waals surface area contributed by atoms with Gasteiger partial charge in [-0.1, -0.05) is 41.1 Å². The first-order valence-electron chi connectivity index (χ1n) is 6.67. The molecule has 0 fully saturated rings. The Labute approximate surface area is 123 Å². The highest BCUT2D eigenvalue weighted by Crippen LogP contribution is 2.25. The van der Waals surface area contributed by atoms with Gasteiger partial charge in [-0.3, -0.25) is 4.68 Å². The Hall–Kier alpha value is -1.13. The maximum atomic E-state index is 4.48. The monoisotopic (exact) mass is 321 g/mol. The van der Waals surface area contributed by atoms with E-state index in [0.29, 0.717) is 6.04 Å². The number of halogens is 1. The van der Waals surface area contributed by atoms with Crippen LogP contribution in [-0.4, -0.2) is 16.3 Å². The Kier molecular flexibility index (Phi) is 5.16. The van der Waals surface area contributed by atoms with Gasteiger partial charge in [0.25, 0.3) is 0 Å². The molecule has 1 atom stereocenters. The second kappa shape index (κ2) is 6.87. The molecule has 0 aliphatic carbocycles. The molecule has 4 heteroatoms. The predicted molar refractivity (Wildman–Crippen MR) is 82.1 cm³/mol. The number of aromatic nitrogens is 2. The molecule has 3 nitrogen and oxygen atoms in total. The normalized spacial score (nSPS) is 12.6. The number of aryl methyl sites for hydroxylation is 1. The Morgan fingerprint density at radius 3 is 2.74 bits per heavy atom. The molecule has 0 radical (unpaired) electrons. The minimum atomic E-state index is 0.297. The van der Waals surface area contributed by atoms with Crippen LogP contribution in [-0.2, 0) is 13.5 Å². The summed E-state index contributed by atoms with van der Waals surface area (Å²) in [5.74, 6) is 0. The van der Waals surface area contributed by atoms with Crippen molar-refractivity contribution in [3.05, 3.63) is 52.3 Å². The van der Waals surface area contributed by atoms with Crippen LogP contribution < -0.4 is 5.32 Å². The van der Waals surface area contributed by atoms with E-state index >= 15 is 0 Å². The van der Waals surface area contributed by atoms with Gasteiger partial charge in [-0.05, 0) is 30.7 Å². The van der Waals surface area contributed by atoms with Crippen LogP contribution in [0.3, 0.4) is 0 Å². The fourth-order valence-electron chi connectivity index (χ4n) is 2.15. The molecule has 1 heterocycles. The lowest BCUT2D eigenvalue weighted by Gasteiger charge is -2.19. The van der Waals surface area contributed by atoms with Gasteiger partial charge >= 0.3 is 0 Å². The molecule has 0 amide bonds. The molecule has 1 unspecified atom stereocenters. The quantitative estimate of drug-likeness (QED) is 0.883. The number of hydrogen-bond donors (Lipinski definition) is 1. The van der Waals surface area contributed by atoms with E-state index in [2.05, 4.69) is 57.5 Å². The van der Waals surface area contributed by atoms with Gasteiger partial charge in [0.2, 0.25) is 0 Å². The lowest BCUT2D eigenvalue weighted by atomic mass is 10.0. The Morgan fingerprint density at radius 1 is 1.32 bits per heavy atom. The molecule has 0 aliphatic rings. The van der Waals surface area contributed by atoms with Gasteiger partial charge in [-0.25, -0.2) is 0 Å². The summed E-state index contributed by atoms with van der Waals surface area (Å²) in [4.78, 5) is 0. The summed E-state index contributed by atoms with van der Waals surface area (Å²) < 4.78 is 3.01. The van der Waals surface area contributed by atoms with Crippen LogP contribution in [0.15, 0.2) is 41.0 Å². The van der Waals surface area contributed by atoms with Crippen LogP contribution in [0.4, 0.5) is 0 Å². The Bertz CT molecular complexity index is 522. The molecule has 19 heavy (non-hydrogen) atoms. The summed E-state index contributed by atoms with van der Waals surface area (Å²) >= 11 is 3.64. The van der Waals surface area contributed by atoms with Crippen molar-refractivity contribution < 1.29 is 0 Å². The average Bonchev–Trinajstić information content (AvgIpc) is 2.81. The molecule has 1 aromatic carbocycles. The Balaban J connectivity index is 2.18. The highest BCUT2D eigenvalue weighted by molar-refractivity contribution is 9.10. The van der Waals surface area contributed by atoms with Crippen molar-refractivity contribution in [2.45, 2.75) is 25.8 Å².